The van der Waals surface area contributed by atoms with Gasteiger partial charge in [0.25, 0.3) is 5.91 Å². The fraction of sp³-hybridized carbons (Fsp3) is 0.235. The van der Waals surface area contributed by atoms with Gasteiger partial charge in [0.2, 0.25) is 0 Å². The number of H-pyrrole nitrogens is 1. The van der Waals surface area contributed by atoms with Crippen molar-refractivity contribution in [2.24, 2.45) is 0 Å². The highest BCUT2D eigenvalue weighted by molar-refractivity contribution is 7.17. The number of rotatable bonds is 2. The summed E-state index contributed by atoms with van der Waals surface area (Å²) in [5, 5.41) is 11.3. The molecule has 0 saturated heterocycles. The van der Waals surface area contributed by atoms with Gasteiger partial charge in [-0.25, -0.2) is 0 Å². The Labute approximate surface area is 137 Å². The number of amides is 1. The molecule has 0 unspecified atom stereocenters. The van der Waals surface area contributed by atoms with Gasteiger partial charge in [0.15, 0.2) is 0 Å². The number of fused-ring (bicyclic) bond motifs is 2. The Kier molecular flexibility index (Phi) is 3.55. The number of carbonyl (C=O) groups excluding carboxylic acids is 1. The molecule has 2 aromatic heterocycles. The zero-order valence-corrected chi connectivity index (χ0v) is 13.2. The molecule has 23 heavy (non-hydrogen) atoms. The van der Waals surface area contributed by atoms with Crippen LogP contribution in [0.15, 0.2) is 35.7 Å². The van der Waals surface area contributed by atoms with Gasteiger partial charge in [0, 0.05) is 12.1 Å². The summed E-state index contributed by atoms with van der Waals surface area (Å²) < 4.78 is 6.81. The normalized spacial score (nSPS) is 14.4. The predicted octanol–water partition coefficient (Wildman–Crippen LogP) is 2.76. The van der Waals surface area contributed by atoms with E-state index in [-0.39, 0.29) is 12.5 Å². The second kappa shape index (κ2) is 5.72. The Hall–Kier alpha value is -2.31. The minimum Gasteiger partial charge on any atom is -0.491 e. The highest BCUT2D eigenvalue weighted by Crippen LogP contribution is 2.26. The van der Waals surface area contributed by atoms with Crippen LogP contribution in [0.25, 0.3) is 10.2 Å². The van der Waals surface area contributed by atoms with Crippen molar-refractivity contribution >= 4 is 27.5 Å². The van der Waals surface area contributed by atoms with E-state index in [0.717, 1.165) is 27.1 Å². The van der Waals surface area contributed by atoms with Gasteiger partial charge in [-0.2, -0.15) is 0 Å². The number of aliphatic hydroxyl groups excluding tert-OH is 1. The Bertz CT molecular complexity index is 839. The first-order valence-corrected chi connectivity index (χ1v) is 8.33. The van der Waals surface area contributed by atoms with Gasteiger partial charge in [-0.15, -0.1) is 11.3 Å². The van der Waals surface area contributed by atoms with Crippen LogP contribution in [-0.2, 0) is 13.2 Å². The number of hydrogen-bond donors (Lipinski definition) is 2. The molecular weight excluding hydrogens is 312 g/mol. The number of hydrogen-bond acceptors (Lipinski definition) is 4. The number of aromatic nitrogens is 1. The zero-order valence-electron chi connectivity index (χ0n) is 12.4. The van der Waals surface area contributed by atoms with Crippen molar-refractivity contribution in [3.05, 3.63) is 52.5 Å². The second-order valence-corrected chi connectivity index (χ2v) is 6.50. The number of nitrogens with one attached hydrogen (secondary N) is 1. The maximum atomic E-state index is 12.8. The summed E-state index contributed by atoms with van der Waals surface area (Å²) in [7, 11) is 0. The predicted molar refractivity (Wildman–Crippen MR) is 88.8 cm³/mol. The quantitative estimate of drug-likeness (QED) is 0.760. The molecule has 4 rings (SSSR count). The van der Waals surface area contributed by atoms with Crippen molar-refractivity contribution in [3.63, 3.8) is 0 Å². The molecule has 0 saturated carbocycles. The number of ether oxygens (including phenoxy) is 1. The van der Waals surface area contributed by atoms with Crippen molar-refractivity contribution in [2.75, 3.05) is 13.2 Å². The zero-order chi connectivity index (χ0) is 15.8. The second-order valence-electron chi connectivity index (χ2n) is 5.56. The molecule has 0 radical (unpaired) electrons. The highest BCUT2D eigenvalue weighted by atomic mass is 32.1. The largest absolute Gasteiger partial charge is 0.491 e. The third kappa shape index (κ3) is 2.60. The van der Waals surface area contributed by atoms with Crippen LogP contribution in [0.1, 0.15) is 21.6 Å². The minimum atomic E-state index is -0.0285. The molecule has 118 valence electrons. The SMILES string of the molecule is O=C(c1cc2sccc2[nH]1)N1CCOc2ccc(CO)cc2C1. The maximum Gasteiger partial charge on any atom is 0.270 e. The molecule has 1 aliphatic rings. The molecule has 0 bridgehead atoms. The van der Waals surface area contributed by atoms with E-state index in [1.54, 1.807) is 16.2 Å². The Morgan fingerprint density at radius 2 is 2.26 bits per heavy atom. The van der Waals surface area contributed by atoms with Crippen molar-refractivity contribution in [3.8, 4) is 5.75 Å². The van der Waals surface area contributed by atoms with E-state index in [9.17, 15) is 9.90 Å². The number of aromatic amines is 1. The first-order chi connectivity index (χ1) is 11.2. The van der Waals surface area contributed by atoms with E-state index in [2.05, 4.69) is 4.98 Å². The number of nitrogens with zero attached hydrogens (tertiary/aromatic N) is 1. The summed E-state index contributed by atoms with van der Waals surface area (Å²) in [6.45, 7) is 1.46. The third-order valence-electron chi connectivity index (χ3n) is 4.05. The lowest BCUT2D eigenvalue weighted by molar-refractivity contribution is 0.0728. The van der Waals surface area contributed by atoms with E-state index < -0.39 is 0 Å². The van der Waals surface area contributed by atoms with Gasteiger partial charge in [-0.05, 0) is 35.2 Å². The van der Waals surface area contributed by atoms with Crippen molar-refractivity contribution in [1.82, 2.24) is 9.88 Å². The highest BCUT2D eigenvalue weighted by Gasteiger charge is 2.22. The Balaban J connectivity index is 1.63. The Morgan fingerprint density at radius 3 is 3.09 bits per heavy atom. The minimum absolute atomic E-state index is 0.0197. The topological polar surface area (TPSA) is 65.6 Å². The summed E-state index contributed by atoms with van der Waals surface area (Å²) in [5.41, 5.74) is 3.35. The standard InChI is InChI=1S/C17H16N2O3S/c20-10-11-1-2-15-12(7-11)9-19(4-5-22-15)17(21)14-8-16-13(18-14)3-6-23-16/h1-3,6-8,18,20H,4-5,9-10H2. The fourth-order valence-corrected chi connectivity index (χ4v) is 3.64. The van der Waals surface area contributed by atoms with Crippen LogP contribution in [0.2, 0.25) is 0 Å². The lowest BCUT2D eigenvalue weighted by Gasteiger charge is -2.19. The lowest BCUT2D eigenvalue weighted by atomic mass is 10.1. The molecule has 3 heterocycles. The van der Waals surface area contributed by atoms with E-state index in [1.165, 1.54) is 0 Å². The van der Waals surface area contributed by atoms with Crippen molar-refractivity contribution in [2.45, 2.75) is 13.2 Å². The number of aliphatic hydroxyl groups is 1. The van der Waals surface area contributed by atoms with Gasteiger partial charge >= 0.3 is 0 Å². The number of carbonyl (C=O) groups is 1. The van der Waals surface area contributed by atoms with Crippen LogP contribution < -0.4 is 4.74 Å². The van der Waals surface area contributed by atoms with Gasteiger partial charge in [-0.3, -0.25) is 4.79 Å². The summed E-state index contributed by atoms with van der Waals surface area (Å²) in [4.78, 5) is 17.7. The first-order valence-electron chi connectivity index (χ1n) is 7.45. The maximum absolute atomic E-state index is 12.8. The number of benzene rings is 1. The van der Waals surface area contributed by atoms with Crippen LogP contribution in [0.5, 0.6) is 5.75 Å². The summed E-state index contributed by atoms with van der Waals surface area (Å²) >= 11 is 1.62. The molecule has 1 amide bonds. The van der Waals surface area contributed by atoms with Gasteiger partial charge in [0.1, 0.15) is 18.1 Å². The average Bonchev–Trinajstić information content (AvgIpc) is 3.09. The fourth-order valence-electron chi connectivity index (χ4n) is 2.85. The molecule has 3 aromatic rings. The third-order valence-corrected chi connectivity index (χ3v) is 4.91. The molecular formula is C17H16N2O3S. The van der Waals surface area contributed by atoms with Crippen LogP contribution in [0, 0.1) is 0 Å². The monoisotopic (exact) mass is 328 g/mol. The molecule has 6 heteroatoms. The molecule has 0 atom stereocenters. The van der Waals surface area contributed by atoms with Crippen LogP contribution >= 0.6 is 11.3 Å². The molecule has 1 aromatic carbocycles. The van der Waals surface area contributed by atoms with Crippen molar-refractivity contribution in [1.29, 1.82) is 0 Å². The smallest absolute Gasteiger partial charge is 0.270 e. The summed E-state index contributed by atoms with van der Waals surface area (Å²) in [6, 6.07) is 9.48. The van der Waals surface area contributed by atoms with E-state index >= 15 is 0 Å². The van der Waals surface area contributed by atoms with Crippen molar-refractivity contribution < 1.29 is 14.6 Å². The Morgan fingerprint density at radius 1 is 1.35 bits per heavy atom. The van der Waals surface area contributed by atoms with E-state index in [1.807, 2.05) is 35.7 Å². The van der Waals surface area contributed by atoms with E-state index in [4.69, 9.17) is 4.74 Å². The molecule has 5 nitrogen and oxygen atoms in total. The molecule has 0 spiro atoms. The van der Waals surface area contributed by atoms with Gasteiger partial charge < -0.3 is 19.7 Å². The number of thiophene rings is 1. The van der Waals surface area contributed by atoms with Crippen LogP contribution in [-0.4, -0.2) is 34.0 Å². The average molecular weight is 328 g/mol. The van der Waals surface area contributed by atoms with Gasteiger partial charge in [0.05, 0.1) is 23.4 Å². The van der Waals surface area contributed by atoms with E-state index in [0.29, 0.717) is 25.4 Å². The summed E-state index contributed by atoms with van der Waals surface area (Å²) in [5.74, 6) is 0.754. The lowest BCUT2D eigenvalue weighted by Crippen LogP contribution is -2.32. The van der Waals surface area contributed by atoms with Crippen LogP contribution in [0.3, 0.4) is 0 Å². The van der Waals surface area contributed by atoms with Gasteiger partial charge in [-0.1, -0.05) is 6.07 Å². The molecule has 2 N–H and O–H groups in total. The summed E-state index contributed by atoms with van der Waals surface area (Å²) in [6.07, 6.45) is 0. The van der Waals surface area contributed by atoms with Crippen LogP contribution in [0.4, 0.5) is 0 Å². The molecule has 0 fully saturated rings. The molecule has 0 aliphatic carbocycles. The first kappa shape index (κ1) is 14.3. The molecule has 1 aliphatic heterocycles.